The van der Waals surface area contributed by atoms with E-state index in [0.29, 0.717) is 22.9 Å². The van der Waals surface area contributed by atoms with Crippen LogP contribution in [0.25, 0.3) is 0 Å². The summed E-state index contributed by atoms with van der Waals surface area (Å²) in [4.78, 5) is 23.9. The topological polar surface area (TPSA) is 101 Å². The summed E-state index contributed by atoms with van der Waals surface area (Å²) in [6.07, 6.45) is 5.72. The third kappa shape index (κ3) is 7.50. The van der Waals surface area contributed by atoms with E-state index in [1.165, 1.54) is 16.6 Å². The normalized spacial score (nSPS) is 16.5. The first-order valence-electron chi connectivity index (χ1n) is 15.0. The van der Waals surface area contributed by atoms with Gasteiger partial charge in [0.05, 0.1) is 13.3 Å². The Balaban J connectivity index is 1.19. The van der Waals surface area contributed by atoms with Crippen molar-refractivity contribution in [3.8, 4) is 5.75 Å². The highest BCUT2D eigenvalue weighted by molar-refractivity contribution is 7.64. The quantitative estimate of drug-likeness (QED) is 0.238. The molecule has 5 rings (SSSR count). The molecule has 2 heterocycles. The van der Waals surface area contributed by atoms with Crippen LogP contribution in [0.3, 0.4) is 0 Å². The van der Waals surface area contributed by atoms with Crippen LogP contribution in [0.2, 0.25) is 0 Å². The monoisotopic (exact) mass is 604 g/mol. The Bertz CT molecular complexity index is 1440. The summed E-state index contributed by atoms with van der Waals surface area (Å²) in [5.74, 6) is 1.71. The van der Waals surface area contributed by atoms with E-state index >= 15 is 0 Å². The fourth-order valence-electron chi connectivity index (χ4n) is 6.18. The molecule has 0 bridgehead atoms. The molecule has 1 aliphatic heterocycles. The molecule has 1 spiro atoms. The van der Waals surface area contributed by atoms with E-state index in [1.54, 1.807) is 13.3 Å². The molecule has 3 aromatic rings. The molecule has 3 N–H and O–H groups in total. The van der Waals surface area contributed by atoms with Crippen molar-refractivity contribution in [3.05, 3.63) is 54.2 Å². The molecule has 9 nitrogen and oxygen atoms in total. The van der Waals surface area contributed by atoms with Crippen LogP contribution in [-0.4, -0.2) is 61.2 Å². The van der Waals surface area contributed by atoms with Gasteiger partial charge in [-0.25, -0.2) is 9.78 Å². The second kappa shape index (κ2) is 12.6. The van der Waals surface area contributed by atoms with Crippen molar-refractivity contribution in [1.82, 2.24) is 15.3 Å². The lowest BCUT2D eigenvalue weighted by atomic mass is 9.60. The lowest BCUT2D eigenvalue weighted by Crippen LogP contribution is -2.55. The van der Waals surface area contributed by atoms with E-state index in [1.807, 2.05) is 26.8 Å². The highest BCUT2D eigenvalue weighted by atomic mass is 31.1. The number of anilines is 5. The van der Waals surface area contributed by atoms with Crippen LogP contribution in [0.4, 0.5) is 33.6 Å². The summed E-state index contributed by atoms with van der Waals surface area (Å²) < 4.78 is 11.0. The van der Waals surface area contributed by atoms with Crippen LogP contribution in [0, 0.1) is 12.3 Å². The number of carbonyl (C=O) groups excluding carboxylic acids is 1. The van der Waals surface area contributed by atoms with Gasteiger partial charge < -0.3 is 30.3 Å². The maximum Gasteiger partial charge on any atom is 0.407 e. The van der Waals surface area contributed by atoms with Gasteiger partial charge in [0.15, 0.2) is 11.6 Å². The Morgan fingerprint density at radius 2 is 1.79 bits per heavy atom. The SMILES string of the molecule is COc1cnc(Nc2ccc(N3CCC4(CC3)CC(NC(=O)OC(C)(C)C)C4)c(C)c2)nc1Nc1ccccc1P(C)C. The van der Waals surface area contributed by atoms with Gasteiger partial charge in [0, 0.05) is 36.2 Å². The van der Waals surface area contributed by atoms with Crippen molar-refractivity contribution in [1.29, 1.82) is 0 Å². The van der Waals surface area contributed by atoms with Crippen LogP contribution in [-0.2, 0) is 4.74 Å². The highest BCUT2D eigenvalue weighted by Gasteiger charge is 2.46. The molecule has 0 radical (unpaired) electrons. The van der Waals surface area contributed by atoms with Crippen LogP contribution < -0.4 is 30.9 Å². The number of nitrogens with zero attached hydrogens (tertiary/aromatic N) is 3. The standard InChI is InChI=1S/C33H45N6O3P/c1-22-18-23(35-30-34-21-27(41-5)29(38-30)37-25-10-8-9-11-28(25)43(6)7)12-13-26(22)39-16-14-33(15-17-39)19-24(20-33)36-31(40)42-32(2,3)4/h8-13,18,21,24H,14-17,19-20H2,1-7H3,(H,36,40)(H2,34,35,37,38). The third-order valence-electron chi connectivity index (χ3n) is 8.31. The summed E-state index contributed by atoms with van der Waals surface area (Å²) >= 11 is 0. The lowest BCUT2D eigenvalue weighted by molar-refractivity contribution is 0.0234. The minimum Gasteiger partial charge on any atom is -0.491 e. The van der Waals surface area contributed by atoms with Crippen LogP contribution in [0.15, 0.2) is 48.7 Å². The molecule has 2 aliphatic rings. The number of benzene rings is 2. The van der Waals surface area contributed by atoms with Crippen molar-refractivity contribution in [2.24, 2.45) is 5.41 Å². The summed E-state index contributed by atoms with van der Waals surface area (Å²) in [5.41, 5.74) is 4.29. The van der Waals surface area contributed by atoms with Gasteiger partial charge in [-0.3, -0.25) is 0 Å². The molecule has 1 amide bonds. The van der Waals surface area contributed by atoms with Crippen LogP contribution in [0.1, 0.15) is 52.0 Å². The Morgan fingerprint density at radius 1 is 1.07 bits per heavy atom. The molecule has 43 heavy (non-hydrogen) atoms. The molecule has 230 valence electrons. The Hall–Kier alpha value is -3.58. The number of para-hydroxylation sites is 1. The van der Waals surface area contributed by atoms with Crippen molar-refractivity contribution >= 4 is 48.1 Å². The molecule has 0 atom stereocenters. The summed E-state index contributed by atoms with van der Waals surface area (Å²) in [5, 5.41) is 11.2. The maximum absolute atomic E-state index is 12.1. The summed E-state index contributed by atoms with van der Waals surface area (Å²) in [6, 6.07) is 15.0. The number of nitrogens with one attached hydrogen (secondary N) is 3. The van der Waals surface area contributed by atoms with Crippen molar-refractivity contribution in [2.45, 2.75) is 65.0 Å². The minimum absolute atomic E-state index is 0.218. The average molecular weight is 605 g/mol. The zero-order valence-electron chi connectivity index (χ0n) is 26.5. The maximum atomic E-state index is 12.1. The second-order valence-electron chi connectivity index (χ2n) is 13.0. The fourth-order valence-corrected chi connectivity index (χ4v) is 7.17. The fraction of sp³-hybridized carbons (Fsp3) is 0.485. The number of hydrogen-bond acceptors (Lipinski definition) is 8. The Kier molecular flexibility index (Phi) is 9.02. The van der Waals surface area contributed by atoms with Gasteiger partial charge in [0.1, 0.15) is 5.60 Å². The molecule has 1 aromatic heterocycles. The van der Waals surface area contributed by atoms with Gasteiger partial charge >= 0.3 is 6.09 Å². The number of ether oxygens (including phenoxy) is 2. The number of alkyl carbamates (subject to hydrolysis) is 1. The third-order valence-corrected chi connectivity index (χ3v) is 9.67. The smallest absolute Gasteiger partial charge is 0.407 e. The average Bonchev–Trinajstić information content (AvgIpc) is 2.92. The van der Waals surface area contributed by atoms with E-state index in [9.17, 15) is 4.79 Å². The van der Waals surface area contributed by atoms with Crippen molar-refractivity contribution in [2.75, 3.05) is 49.1 Å². The van der Waals surface area contributed by atoms with Crippen molar-refractivity contribution in [3.63, 3.8) is 0 Å². The largest absolute Gasteiger partial charge is 0.491 e. The molecular weight excluding hydrogens is 559 g/mol. The molecule has 10 heteroatoms. The minimum atomic E-state index is -0.470. The Morgan fingerprint density at radius 3 is 2.44 bits per heavy atom. The number of aromatic nitrogens is 2. The number of amides is 1. The van der Waals surface area contributed by atoms with E-state index in [4.69, 9.17) is 14.5 Å². The summed E-state index contributed by atoms with van der Waals surface area (Å²) in [6.45, 7) is 14.3. The number of carbonyl (C=O) groups is 1. The number of hydrogen-bond donors (Lipinski definition) is 3. The van der Waals surface area contributed by atoms with Gasteiger partial charge in [-0.1, -0.05) is 26.1 Å². The van der Waals surface area contributed by atoms with Gasteiger partial charge in [0.2, 0.25) is 5.95 Å². The first-order chi connectivity index (χ1) is 20.4. The molecular formula is C33H45N6O3P. The molecule has 0 unspecified atom stereocenters. The first-order valence-corrected chi connectivity index (χ1v) is 17.2. The predicted molar refractivity (Wildman–Crippen MR) is 177 cm³/mol. The number of methoxy groups -OCH3 is 1. The zero-order chi connectivity index (χ0) is 30.8. The van der Waals surface area contributed by atoms with Crippen molar-refractivity contribution < 1.29 is 14.3 Å². The van der Waals surface area contributed by atoms with Gasteiger partial charge in [-0.05, 0) is 107 Å². The molecule has 1 saturated heterocycles. The number of aryl methyl sites for hydroxylation is 1. The van der Waals surface area contributed by atoms with E-state index in [-0.39, 0.29) is 20.1 Å². The Labute approximate surface area is 256 Å². The first kappa shape index (κ1) is 30.9. The van der Waals surface area contributed by atoms with E-state index in [0.717, 1.165) is 50.1 Å². The molecule has 2 aromatic carbocycles. The number of piperidine rings is 1. The second-order valence-corrected chi connectivity index (χ2v) is 15.3. The van der Waals surface area contributed by atoms with E-state index in [2.05, 4.69) is 82.5 Å². The van der Waals surface area contributed by atoms with Gasteiger partial charge in [0.25, 0.3) is 0 Å². The molecule has 1 saturated carbocycles. The molecule has 2 fully saturated rings. The lowest BCUT2D eigenvalue weighted by Gasteiger charge is -2.52. The van der Waals surface area contributed by atoms with Crippen LogP contribution >= 0.6 is 7.92 Å². The van der Waals surface area contributed by atoms with Crippen LogP contribution in [0.5, 0.6) is 5.75 Å². The van der Waals surface area contributed by atoms with Gasteiger partial charge in [-0.2, -0.15) is 4.98 Å². The predicted octanol–water partition coefficient (Wildman–Crippen LogP) is 6.92. The highest BCUT2D eigenvalue weighted by Crippen LogP contribution is 2.50. The van der Waals surface area contributed by atoms with Gasteiger partial charge in [-0.15, -0.1) is 0 Å². The van der Waals surface area contributed by atoms with E-state index < -0.39 is 5.60 Å². The summed E-state index contributed by atoms with van der Waals surface area (Å²) in [7, 11) is 1.34. The zero-order valence-corrected chi connectivity index (χ0v) is 27.3. The number of rotatable bonds is 8. The molecule has 1 aliphatic carbocycles.